The average molecular weight is 507 g/mol. The summed E-state index contributed by atoms with van der Waals surface area (Å²) in [6, 6.07) is 7.82. The number of rotatable bonds is 5. The molecule has 13 heteroatoms. The lowest BCUT2D eigenvalue weighted by Gasteiger charge is -2.21. The van der Waals surface area contributed by atoms with Crippen molar-refractivity contribution in [1.29, 1.82) is 0 Å². The number of nitrogen functional groups attached to an aromatic ring is 1. The van der Waals surface area contributed by atoms with E-state index in [0.29, 0.717) is 0 Å². The Labute approximate surface area is 194 Å². The maximum atomic E-state index is 13.2. The normalized spacial score (nSPS) is 16.0. The SMILES string of the molecule is Cc1c(/C(=C2/C=CC(N)=C(S(=O)(=O)O)C2=O)c2ccccc2C(=O)O)ccc(N)c1S(=O)(=O)O. The fraction of sp³-hybridized carbons (Fsp3) is 0.0476. The van der Waals surface area contributed by atoms with E-state index in [1.807, 2.05) is 0 Å². The second-order valence-electron chi connectivity index (χ2n) is 7.19. The van der Waals surface area contributed by atoms with Crippen LogP contribution in [0.4, 0.5) is 5.69 Å². The number of aromatic carboxylic acids is 1. The number of carboxylic acid groups (broad SMARTS) is 1. The van der Waals surface area contributed by atoms with Crippen LogP contribution < -0.4 is 11.5 Å². The van der Waals surface area contributed by atoms with Crippen molar-refractivity contribution in [3.63, 3.8) is 0 Å². The molecule has 0 atom stereocenters. The van der Waals surface area contributed by atoms with E-state index >= 15 is 0 Å². The molecule has 0 unspecified atom stereocenters. The number of hydrogen-bond acceptors (Lipinski definition) is 8. The molecular weight excluding hydrogens is 488 g/mol. The van der Waals surface area contributed by atoms with Gasteiger partial charge in [-0.25, -0.2) is 4.79 Å². The zero-order valence-corrected chi connectivity index (χ0v) is 19.0. The van der Waals surface area contributed by atoms with Gasteiger partial charge < -0.3 is 16.6 Å². The minimum absolute atomic E-state index is 0.0429. The van der Waals surface area contributed by atoms with Crippen LogP contribution in [0.5, 0.6) is 0 Å². The van der Waals surface area contributed by atoms with Gasteiger partial charge in [-0.2, -0.15) is 16.8 Å². The molecule has 178 valence electrons. The van der Waals surface area contributed by atoms with E-state index in [9.17, 15) is 40.6 Å². The smallest absolute Gasteiger partial charge is 0.336 e. The highest BCUT2D eigenvalue weighted by Gasteiger charge is 2.34. The molecule has 0 aromatic heterocycles. The zero-order chi connectivity index (χ0) is 25.6. The topological polar surface area (TPSA) is 215 Å². The van der Waals surface area contributed by atoms with Crippen molar-refractivity contribution in [2.45, 2.75) is 11.8 Å². The standard InChI is InChI=1S/C21H18N2O9S2/c1-10-11(6-8-15(22)19(10)33(27,28)29)17(12-4-2-3-5-13(12)21(25)26)14-7-9-16(23)20(18(14)24)34(30,31)32/h2-9H,22-23H2,1H3,(H,25,26)(H,27,28,29)(H,30,31,32)/b17-14+. The van der Waals surface area contributed by atoms with Gasteiger partial charge in [0.2, 0.25) is 5.78 Å². The molecular formula is C21H18N2O9S2. The summed E-state index contributed by atoms with van der Waals surface area (Å²) in [5.74, 6) is -2.64. The van der Waals surface area contributed by atoms with Crippen LogP contribution in [0.25, 0.3) is 5.57 Å². The van der Waals surface area contributed by atoms with Gasteiger partial charge in [0.15, 0.2) is 4.91 Å². The van der Waals surface area contributed by atoms with Crippen molar-refractivity contribution in [2.75, 3.05) is 5.73 Å². The van der Waals surface area contributed by atoms with Crippen molar-refractivity contribution in [3.8, 4) is 0 Å². The highest BCUT2D eigenvalue weighted by Crippen LogP contribution is 2.38. The molecule has 0 amide bonds. The zero-order valence-electron chi connectivity index (χ0n) is 17.4. The Balaban J connectivity index is 2.55. The fourth-order valence-corrected chi connectivity index (χ4v) is 5.26. The van der Waals surface area contributed by atoms with E-state index in [-0.39, 0.29) is 33.5 Å². The Morgan fingerprint density at radius 3 is 1.97 bits per heavy atom. The van der Waals surface area contributed by atoms with Crippen LogP contribution in [0.1, 0.15) is 27.0 Å². The van der Waals surface area contributed by atoms with Crippen LogP contribution in [-0.2, 0) is 25.0 Å². The summed E-state index contributed by atoms with van der Waals surface area (Å²) >= 11 is 0. The molecule has 34 heavy (non-hydrogen) atoms. The van der Waals surface area contributed by atoms with Gasteiger partial charge in [0.1, 0.15) is 4.90 Å². The van der Waals surface area contributed by atoms with Gasteiger partial charge in [-0.3, -0.25) is 13.9 Å². The fourth-order valence-electron chi connectivity index (χ4n) is 3.69. The van der Waals surface area contributed by atoms with E-state index in [1.54, 1.807) is 0 Å². The number of carbonyl (C=O) groups is 2. The Bertz CT molecular complexity index is 1570. The molecule has 2 aromatic carbocycles. The third kappa shape index (κ3) is 4.36. The van der Waals surface area contributed by atoms with Crippen molar-refractivity contribution in [2.24, 2.45) is 5.73 Å². The summed E-state index contributed by atoms with van der Waals surface area (Å²) in [5, 5.41) is 9.70. The van der Waals surface area contributed by atoms with E-state index in [4.69, 9.17) is 11.5 Å². The number of allylic oxidation sites excluding steroid dienone is 4. The number of nitrogens with two attached hydrogens (primary N) is 2. The maximum Gasteiger partial charge on any atom is 0.336 e. The number of Topliss-reactive ketones (excluding diaryl/α,β-unsaturated/α-hetero) is 1. The Morgan fingerprint density at radius 1 is 0.853 bits per heavy atom. The molecule has 2 aromatic rings. The van der Waals surface area contributed by atoms with Crippen molar-refractivity contribution in [3.05, 3.63) is 87.0 Å². The first-order valence-corrected chi connectivity index (χ1v) is 12.2. The van der Waals surface area contributed by atoms with E-state index in [2.05, 4.69) is 0 Å². The van der Waals surface area contributed by atoms with E-state index < -0.39 is 53.1 Å². The number of hydrogen-bond donors (Lipinski definition) is 5. The Morgan fingerprint density at radius 2 is 1.44 bits per heavy atom. The number of benzene rings is 2. The van der Waals surface area contributed by atoms with Gasteiger partial charge in [-0.1, -0.05) is 24.3 Å². The maximum absolute atomic E-state index is 13.2. The monoisotopic (exact) mass is 506 g/mol. The van der Waals surface area contributed by atoms with Gasteiger partial charge in [0.05, 0.1) is 16.9 Å². The minimum Gasteiger partial charge on any atom is -0.478 e. The van der Waals surface area contributed by atoms with Gasteiger partial charge >= 0.3 is 16.1 Å². The number of carbonyl (C=O) groups excluding carboxylic acids is 1. The lowest BCUT2D eigenvalue weighted by molar-refractivity contribution is -0.111. The third-order valence-corrected chi connectivity index (χ3v) is 7.06. The largest absolute Gasteiger partial charge is 0.478 e. The van der Waals surface area contributed by atoms with Crippen LogP contribution in [-0.4, -0.2) is 42.8 Å². The number of ketones is 1. The summed E-state index contributed by atoms with van der Waals surface area (Å²) in [6.45, 7) is 1.27. The quantitative estimate of drug-likeness (QED) is 0.222. The lowest BCUT2D eigenvalue weighted by atomic mass is 9.85. The van der Waals surface area contributed by atoms with Gasteiger partial charge in [0, 0.05) is 11.1 Å². The first-order chi connectivity index (χ1) is 15.7. The van der Waals surface area contributed by atoms with Gasteiger partial charge in [-0.05, 0) is 47.9 Å². The molecule has 11 nitrogen and oxygen atoms in total. The molecule has 0 bridgehead atoms. The summed E-state index contributed by atoms with van der Waals surface area (Å²) in [6.07, 6.45) is 2.14. The molecule has 0 radical (unpaired) electrons. The third-order valence-electron chi connectivity index (χ3n) is 5.06. The summed E-state index contributed by atoms with van der Waals surface area (Å²) in [7, 11) is -9.93. The van der Waals surface area contributed by atoms with Crippen LogP contribution in [0.15, 0.2) is 69.6 Å². The Kier molecular flexibility index (Phi) is 6.24. The molecule has 0 saturated carbocycles. The highest BCUT2D eigenvalue weighted by molar-refractivity contribution is 7.91. The van der Waals surface area contributed by atoms with Crippen LogP contribution in [0, 0.1) is 6.92 Å². The molecule has 0 heterocycles. The summed E-state index contributed by atoms with van der Waals surface area (Å²) in [4.78, 5) is 23.3. The predicted octanol–water partition coefficient (Wildman–Crippen LogP) is 1.52. The minimum atomic E-state index is -5.08. The van der Waals surface area contributed by atoms with Gasteiger partial charge in [0.25, 0.3) is 10.1 Å². The first kappa shape index (κ1) is 24.9. The predicted molar refractivity (Wildman–Crippen MR) is 122 cm³/mol. The van der Waals surface area contributed by atoms with Crippen LogP contribution in [0.3, 0.4) is 0 Å². The molecule has 3 rings (SSSR count). The molecule has 1 aliphatic carbocycles. The average Bonchev–Trinajstić information content (AvgIpc) is 2.69. The van der Waals surface area contributed by atoms with Crippen molar-refractivity contribution in [1.82, 2.24) is 0 Å². The van der Waals surface area contributed by atoms with Crippen LogP contribution in [0.2, 0.25) is 0 Å². The molecule has 0 spiro atoms. The molecule has 1 aliphatic rings. The summed E-state index contributed by atoms with van der Waals surface area (Å²) in [5.41, 5.74) is 9.32. The number of carboxylic acids is 1. The Hall–Kier alpha value is -3.78. The molecule has 0 fully saturated rings. The molecule has 7 N–H and O–H groups in total. The number of anilines is 1. The molecule has 0 aliphatic heterocycles. The van der Waals surface area contributed by atoms with Crippen molar-refractivity contribution >= 4 is 43.2 Å². The van der Waals surface area contributed by atoms with Gasteiger partial charge in [-0.15, -0.1) is 0 Å². The summed E-state index contributed by atoms with van der Waals surface area (Å²) < 4.78 is 66.9. The second kappa shape index (κ2) is 8.53. The van der Waals surface area contributed by atoms with Crippen molar-refractivity contribution < 1.29 is 40.6 Å². The highest BCUT2D eigenvalue weighted by atomic mass is 32.2. The lowest BCUT2D eigenvalue weighted by Crippen LogP contribution is -2.23. The molecule has 0 saturated heterocycles. The van der Waals surface area contributed by atoms with E-state index in [1.165, 1.54) is 37.3 Å². The second-order valence-corrected chi connectivity index (χ2v) is 9.91. The van der Waals surface area contributed by atoms with Crippen LogP contribution >= 0.6 is 0 Å². The first-order valence-electron chi connectivity index (χ1n) is 9.30. The van der Waals surface area contributed by atoms with E-state index in [0.717, 1.165) is 18.2 Å².